The predicted octanol–water partition coefficient (Wildman–Crippen LogP) is 5.22. The minimum absolute atomic E-state index is 0.334. The van der Waals surface area contributed by atoms with Crippen molar-refractivity contribution in [1.29, 1.82) is 0 Å². The van der Waals surface area contributed by atoms with Gasteiger partial charge in [0.25, 0.3) is 0 Å². The number of carbonyl (C=O) groups is 1. The Morgan fingerprint density at radius 2 is 1.65 bits per heavy atom. The average molecular weight is 278 g/mol. The lowest BCUT2D eigenvalue weighted by atomic mass is 9.95. The van der Waals surface area contributed by atoms with Gasteiger partial charge in [0.15, 0.2) is 0 Å². The second-order valence-electron chi connectivity index (χ2n) is 5.34. The minimum atomic E-state index is -1.17. The Labute approximate surface area is 122 Å². The molecule has 1 atom stereocenters. The van der Waals surface area contributed by atoms with Crippen LogP contribution in [0.4, 0.5) is 4.79 Å². The fraction of sp³-hybridized carbons (Fsp3) is 0.588. The summed E-state index contributed by atoms with van der Waals surface area (Å²) in [5.41, 5.74) is 1.43. The molecule has 0 spiro atoms. The molecule has 3 nitrogen and oxygen atoms in total. The topological polar surface area (TPSA) is 46.5 Å². The van der Waals surface area contributed by atoms with Crippen LogP contribution in [-0.4, -0.2) is 17.9 Å². The molecule has 0 aromatic heterocycles. The van der Waals surface area contributed by atoms with E-state index in [-0.39, 0.29) is 0 Å². The average Bonchev–Trinajstić information content (AvgIpc) is 2.46. The number of carboxylic acid groups (broad SMARTS) is 1. The first-order valence-corrected chi connectivity index (χ1v) is 7.61. The molecule has 0 amide bonds. The summed E-state index contributed by atoms with van der Waals surface area (Å²) in [5.74, 6) is 0.639. The highest BCUT2D eigenvalue weighted by Crippen LogP contribution is 2.21. The Hall–Kier alpha value is -1.51. The predicted molar refractivity (Wildman–Crippen MR) is 81.2 cm³/mol. The second kappa shape index (κ2) is 10.3. The van der Waals surface area contributed by atoms with Crippen molar-refractivity contribution in [3.8, 4) is 0 Å². The molecule has 20 heavy (non-hydrogen) atoms. The number of benzene rings is 1. The molecule has 1 aromatic carbocycles. The maximum absolute atomic E-state index is 10.1. The molecule has 112 valence electrons. The summed E-state index contributed by atoms with van der Waals surface area (Å²) in [4.78, 5) is 10.1. The van der Waals surface area contributed by atoms with Gasteiger partial charge in [-0.25, -0.2) is 4.79 Å². The zero-order valence-electron chi connectivity index (χ0n) is 12.4. The maximum atomic E-state index is 10.1. The Bertz CT molecular complexity index is 362. The SMILES string of the molecule is CC(CCCCCCCCOC(=O)O)c1ccccc1. The van der Waals surface area contributed by atoms with E-state index in [1.165, 1.54) is 37.7 Å². The Morgan fingerprint density at radius 1 is 1.05 bits per heavy atom. The van der Waals surface area contributed by atoms with Crippen LogP contribution in [0.2, 0.25) is 0 Å². The van der Waals surface area contributed by atoms with Crippen molar-refractivity contribution in [3.63, 3.8) is 0 Å². The smallest absolute Gasteiger partial charge is 0.450 e. The fourth-order valence-electron chi connectivity index (χ4n) is 2.37. The Morgan fingerprint density at radius 3 is 2.30 bits per heavy atom. The van der Waals surface area contributed by atoms with Gasteiger partial charge in [0, 0.05) is 0 Å². The van der Waals surface area contributed by atoms with Gasteiger partial charge in [-0.1, -0.05) is 69.4 Å². The van der Waals surface area contributed by atoms with Crippen LogP contribution in [0.1, 0.15) is 63.4 Å². The third-order valence-electron chi connectivity index (χ3n) is 3.63. The molecule has 0 heterocycles. The Kier molecular flexibility index (Phi) is 8.52. The summed E-state index contributed by atoms with van der Waals surface area (Å²) < 4.78 is 4.47. The number of hydrogen-bond acceptors (Lipinski definition) is 2. The summed E-state index contributed by atoms with van der Waals surface area (Å²) in [6, 6.07) is 10.7. The molecule has 0 saturated heterocycles. The molecule has 1 N–H and O–H groups in total. The first-order valence-electron chi connectivity index (χ1n) is 7.61. The van der Waals surface area contributed by atoms with Gasteiger partial charge in [0.1, 0.15) is 0 Å². The van der Waals surface area contributed by atoms with Crippen LogP contribution in [0.5, 0.6) is 0 Å². The van der Waals surface area contributed by atoms with E-state index in [9.17, 15) is 4.79 Å². The molecule has 1 aromatic rings. The van der Waals surface area contributed by atoms with Gasteiger partial charge in [-0.2, -0.15) is 0 Å². The fourth-order valence-corrected chi connectivity index (χ4v) is 2.37. The molecule has 1 unspecified atom stereocenters. The summed E-state index contributed by atoms with van der Waals surface area (Å²) in [6.07, 6.45) is 6.90. The van der Waals surface area contributed by atoms with E-state index in [4.69, 9.17) is 5.11 Å². The van der Waals surface area contributed by atoms with Gasteiger partial charge in [-0.3, -0.25) is 0 Å². The van der Waals surface area contributed by atoms with Crippen LogP contribution in [0, 0.1) is 0 Å². The normalized spacial score (nSPS) is 12.1. The molecule has 0 aliphatic carbocycles. The van der Waals surface area contributed by atoms with Gasteiger partial charge in [-0.15, -0.1) is 0 Å². The molecular weight excluding hydrogens is 252 g/mol. The van der Waals surface area contributed by atoms with Gasteiger partial charge in [-0.05, 0) is 24.3 Å². The minimum Gasteiger partial charge on any atom is -0.450 e. The highest BCUT2D eigenvalue weighted by atomic mass is 16.7. The molecule has 3 heteroatoms. The van der Waals surface area contributed by atoms with Gasteiger partial charge in [0.05, 0.1) is 6.61 Å². The van der Waals surface area contributed by atoms with Crippen molar-refractivity contribution in [2.75, 3.05) is 6.61 Å². The number of hydrogen-bond donors (Lipinski definition) is 1. The molecule has 0 bridgehead atoms. The third-order valence-corrected chi connectivity index (χ3v) is 3.63. The van der Waals surface area contributed by atoms with Crippen molar-refractivity contribution in [3.05, 3.63) is 35.9 Å². The molecule has 1 rings (SSSR count). The van der Waals surface area contributed by atoms with Crippen molar-refractivity contribution in [1.82, 2.24) is 0 Å². The van der Waals surface area contributed by atoms with E-state index in [1.807, 2.05) is 0 Å². The van der Waals surface area contributed by atoms with Crippen LogP contribution in [-0.2, 0) is 4.74 Å². The van der Waals surface area contributed by atoms with E-state index < -0.39 is 6.16 Å². The number of unbranched alkanes of at least 4 members (excludes halogenated alkanes) is 5. The van der Waals surface area contributed by atoms with Gasteiger partial charge in [0.2, 0.25) is 0 Å². The van der Waals surface area contributed by atoms with Crippen LogP contribution in [0.25, 0.3) is 0 Å². The summed E-state index contributed by atoms with van der Waals surface area (Å²) in [7, 11) is 0. The van der Waals surface area contributed by atoms with Gasteiger partial charge < -0.3 is 9.84 Å². The quantitative estimate of drug-likeness (QED) is 0.471. The van der Waals surface area contributed by atoms with Crippen molar-refractivity contribution in [2.24, 2.45) is 0 Å². The molecule has 0 saturated carbocycles. The zero-order chi connectivity index (χ0) is 14.6. The summed E-state index contributed by atoms with van der Waals surface area (Å²) in [6.45, 7) is 2.62. The molecule has 0 radical (unpaired) electrons. The lowest BCUT2D eigenvalue weighted by Crippen LogP contribution is -2.01. The molecule has 0 aliphatic rings. The number of rotatable bonds is 10. The van der Waals surface area contributed by atoms with E-state index >= 15 is 0 Å². The van der Waals surface area contributed by atoms with E-state index in [2.05, 4.69) is 42.0 Å². The van der Waals surface area contributed by atoms with Crippen LogP contribution in [0.15, 0.2) is 30.3 Å². The van der Waals surface area contributed by atoms with Crippen LogP contribution < -0.4 is 0 Å². The van der Waals surface area contributed by atoms with E-state index in [0.29, 0.717) is 12.5 Å². The standard InChI is InChI=1S/C17H26O3/c1-15(16-12-8-6-9-13-16)11-7-4-2-3-5-10-14-20-17(18)19/h6,8-9,12-13,15H,2-5,7,10-11,14H2,1H3,(H,18,19). The monoisotopic (exact) mass is 278 g/mol. The molecule has 0 fully saturated rings. The third kappa shape index (κ3) is 7.82. The zero-order valence-corrected chi connectivity index (χ0v) is 12.4. The summed E-state index contributed by atoms with van der Waals surface area (Å²) >= 11 is 0. The van der Waals surface area contributed by atoms with E-state index in [1.54, 1.807) is 0 Å². The van der Waals surface area contributed by atoms with E-state index in [0.717, 1.165) is 12.8 Å². The lowest BCUT2D eigenvalue weighted by molar-refractivity contribution is 0.0899. The molecule has 0 aliphatic heterocycles. The largest absolute Gasteiger partial charge is 0.505 e. The van der Waals surface area contributed by atoms with Crippen molar-refractivity contribution >= 4 is 6.16 Å². The first kappa shape index (κ1) is 16.5. The van der Waals surface area contributed by atoms with Crippen LogP contribution in [0.3, 0.4) is 0 Å². The second-order valence-corrected chi connectivity index (χ2v) is 5.34. The molecular formula is C17H26O3. The highest BCUT2D eigenvalue weighted by Gasteiger charge is 2.04. The first-order chi connectivity index (χ1) is 9.70. The maximum Gasteiger partial charge on any atom is 0.505 e. The Balaban J connectivity index is 1.93. The van der Waals surface area contributed by atoms with Crippen molar-refractivity contribution in [2.45, 2.75) is 57.8 Å². The van der Waals surface area contributed by atoms with Crippen molar-refractivity contribution < 1.29 is 14.6 Å². The lowest BCUT2D eigenvalue weighted by Gasteiger charge is -2.11. The number of ether oxygens (including phenoxy) is 1. The van der Waals surface area contributed by atoms with Gasteiger partial charge >= 0.3 is 6.16 Å². The summed E-state index contributed by atoms with van der Waals surface area (Å²) in [5, 5.41) is 8.31. The van der Waals surface area contributed by atoms with Crippen LogP contribution >= 0.6 is 0 Å². The highest BCUT2D eigenvalue weighted by molar-refractivity contribution is 5.56.